The summed E-state index contributed by atoms with van der Waals surface area (Å²) in [5, 5.41) is 16.7. The maximum absolute atomic E-state index is 3.42. The minimum Gasteiger partial charge on any atom is -0.317 e. The first-order chi connectivity index (χ1) is 21.4. The van der Waals surface area contributed by atoms with E-state index in [2.05, 4.69) is 50.8 Å². The Labute approximate surface area is 267 Å². The number of fused-ring (bicyclic) bond motifs is 2. The van der Waals surface area contributed by atoms with E-state index in [9.17, 15) is 0 Å². The molecule has 5 heterocycles. The van der Waals surface area contributed by atoms with E-state index in [1.807, 2.05) is 0 Å². The van der Waals surface area contributed by atoms with Crippen LogP contribution in [0.5, 0.6) is 0 Å². The summed E-state index contributed by atoms with van der Waals surface area (Å²) >= 11 is 0. The van der Waals surface area contributed by atoms with Crippen molar-refractivity contribution in [2.45, 2.75) is 128 Å². The zero-order chi connectivity index (χ0) is 29.9. The summed E-state index contributed by atoms with van der Waals surface area (Å²) in [5.41, 5.74) is 3.13. The molecule has 0 amide bonds. The van der Waals surface area contributed by atoms with Gasteiger partial charge in [0.2, 0.25) is 0 Å². The van der Waals surface area contributed by atoms with Gasteiger partial charge in [-0.3, -0.25) is 0 Å². The van der Waals surface area contributed by atoms with Crippen molar-refractivity contribution in [1.82, 2.24) is 26.6 Å². The Kier molecular flexibility index (Phi) is 22.3. The number of hydrogen-bond acceptors (Lipinski definition) is 5. The predicted molar refractivity (Wildman–Crippen MR) is 188 cm³/mol. The number of rotatable bonds is 0. The fourth-order valence-electron chi connectivity index (χ4n) is 7.18. The predicted octanol–water partition coefficient (Wildman–Crippen LogP) is 7.00. The van der Waals surface area contributed by atoms with Crippen molar-refractivity contribution in [3.05, 3.63) is 35.4 Å². The highest BCUT2D eigenvalue weighted by molar-refractivity contribution is 5.30. The monoisotopic (exact) mass is 598 g/mol. The van der Waals surface area contributed by atoms with E-state index in [1.165, 1.54) is 194 Å². The highest BCUT2D eigenvalue weighted by Crippen LogP contribution is 2.33. The van der Waals surface area contributed by atoms with Crippen molar-refractivity contribution >= 4 is 0 Å². The SMILES string of the molecule is C1CC2CNCC2C1.C1CCCNCC1.C1CCCNCCC1.C1CCNC1.C1CCNCC1.c1ccc2c(c1)CCC2. The second kappa shape index (κ2) is 26.3. The molecule has 0 bridgehead atoms. The molecule has 5 nitrogen and oxygen atoms in total. The molecule has 7 aliphatic rings. The lowest BCUT2D eigenvalue weighted by atomic mass is 10.0. The molecule has 2 unspecified atom stereocenters. The van der Waals surface area contributed by atoms with Crippen LogP contribution in [0, 0.1) is 11.8 Å². The molecule has 0 aromatic heterocycles. The van der Waals surface area contributed by atoms with Crippen LogP contribution in [0.1, 0.15) is 127 Å². The molecule has 43 heavy (non-hydrogen) atoms. The summed E-state index contributed by atoms with van der Waals surface area (Å²) in [6.07, 6.45) is 28.2. The summed E-state index contributed by atoms with van der Waals surface area (Å²) in [4.78, 5) is 0. The first-order valence-corrected chi connectivity index (χ1v) is 19.0. The van der Waals surface area contributed by atoms with E-state index >= 15 is 0 Å². The van der Waals surface area contributed by atoms with E-state index in [0.717, 1.165) is 11.8 Å². The molecule has 248 valence electrons. The van der Waals surface area contributed by atoms with Crippen LogP contribution in [0.4, 0.5) is 0 Å². The van der Waals surface area contributed by atoms with Crippen molar-refractivity contribution in [3.8, 4) is 0 Å². The minimum absolute atomic E-state index is 1.06. The van der Waals surface area contributed by atoms with Gasteiger partial charge in [0, 0.05) is 0 Å². The van der Waals surface area contributed by atoms with Gasteiger partial charge in [-0.05, 0) is 172 Å². The maximum Gasteiger partial charge on any atom is -0.00173 e. The van der Waals surface area contributed by atoms with Crippen molar-refractivity contribution in [2.24, 2.45) is 11.8 Å². The molecular weight excluding hydrogens is 526 g/mol. The zero-order valence-corrected chi connectivity index (χ0v) is 28.2. The zero-order valence-electron chi connectivity index (χ0n) is 28.2. The van der Waals surface area contributed by atoms with Crippen LogP contribution in [0.3, 0.4) is 0 Å². The quantitative estimate of drug-likeness (QED) is 0.223. The van der Waals surface area contributed by atoms with Crippen LogP contribution in [0.25, 0.3) is 0 Å². The van der Waals surface area contributed by atoms with Crippen LogP contribution in [0.2, 0.25) is 0 Å². The van der Waals surface area contributed by atoms with Gasteiger partial charge in [0.15, 0.2) is 0 Å². The second-order valence-electron chi connectivity index (χ2n) is 13.7. The van der Waals surface area contributed by atoms with Crippen LogP contribution >= 0.6 is 0 Å². The fourth-order valence-corrected chi connectivity index (χ4v) is 7.18. The molecule has 5 aliphatic heterocycles. The lowest BCUT2D eigenvalue weighted by Gasteiger charge is -2.08. The molecule has 8 rings (SSSR count). The molecule has 0 radical (unpaired) electrons. The Bertz CT molecular complexity index is 642. The van der Waals surface area contributed by atoms with Crippen LogP contribution in [-0.2, 0) is 12.8 Å². The molecule has 5 heteroatoms. The minimum atomic E-state index is 1.06. The highest BCUT2D eigenvalue weighted by atomic mass is 14.9. The number of nitrogens with one attached hydrogen (secondary N) is 5. The first kappa shape index (κ1) is 36.5. The van der Waals surface area contributed by atoms with Crippen molar-refractivity contribution in [3.63, 3.8) is 0 Å². The standard InChI is InChI=1S/C9H10.C7H13N.C7H15N.C6H13N.C5H11N.C4H9N/c1-2-5-9-7-3-6-8(9)4-1;1-2-6-4-8-5-7(6)3-1;1-2-4-6-8-7-5-3-1;1-2-4-6-7-5-3-1;1-2-4-6-5-3-1;1-2-4-5-3-1/h1-2,4-5H,3,6-7H2;6-8H,1-5H2;8H,1-7H2;7H,1-6H2;6H,1-5H2;5H,1-4H2. The van der Waals surface area contributed by atoms with E-state index in [0.29, 0.717) is 0 Å². The van der Waals surface area contributed by atoms with Gasteiger partial charge in [-0.15, -0.1) is 0 Å². The van der Waals surface area contributed by atoms with Gasteiger partial charge in [0.1, 0.15) is 0 Å². The summed E-state index contributed by atoms with van der Waals surface area (Å²) in [7, 11) is 0. The third kappa shape index (κ3) is 18.6. The summed E-state index contributed by atoms with van der Waals surface area (Å²) in [6.45, 7) is 12.6. The second-order valence-corrected chi connectivity index (χ2v) is 13.7. The molecule has 6 fully saturated rings. The summed E-state index contributed by atoms with van der Waals surface area (Å²) in [5.74, 6) is 2.13. The van der Waals surface area contributed by atoms with E-state index in [-0.39, 0.29) is 0 Å². The molecule has 1 saturated carbocycles. The maximum atomic E-state index is 3.42. The smallest absolute Gasteiger partial charge is 0.00173 e. The summed E-state index contributed by atoms with van der Waals surface area (Å²) < 4.78 is 0. The molecule has 5 N–H and O–H groups in total. The Morgan fingerprint density at radius 3 is 1.05 bits per heavy atom. The van der Waals surface area contributed by atoms with E-state index in [4.69, 9.17) is 0 Å². The number of piperidine rings is 1. The number of aryl methyl sites for hydroxylation is 2. The van der Waals surface area contributed by atoms with E-state index < -0.39 is 0 Å². The van der Waals surface area contributed by atoms with Crippen LogP contribution < -0.4 is 26.6 Å². The van der Waals surface area contributed by atoms with Gasteiger partial charge in [-0.1, -0.05) is 69.2 Å². The van der Waals surface area contributed by atoms with Crippen LogP contribution in [-0.4, -0.2) is 65.4 Å². The third-order valence-corrected chi connectivity index (χ3v) is 9.97. The van der Waals surface area contributed by atoms with Gasteiger partial charge in [0.25, 0.3) is 0 Å². The molecule has 0 spiro atoms. The Morgan fingerprint density at radius 1 is 0.349 bits per heavy atom. The lowest BCUT2D eigenvalue weighted by Crippen LogP contribution is -2.21. The van der Waals surface area contributed by atoms with Gasteiger partial charge in [0.05, 0.1) is 0 Å². The average Bonchev–Trinajstić information content (AvgIpc) is 3.86. The first-order valence-electron chi connectivity index (χ1n) is 19.0. The molecule has 1 aromatic rings. The van der Waals surface area contributed by atoms with Gasteiger partial charge < -0.3 is 26.6 Å². The van der Waals surface area contributed by atoms with Crippen molar-refractivity contribution in [2.75, 3.05) is 65.4 Å². The topological polar surface area (TPSA) is 60.1 Å². The Balaban J connectivity index is 0.000000143. The Morgan fingerprint density at radius 2 is 0.674 bits per heavy atom. The van der Waals surface area contributed by atoms with E-state index in [1.54, 1.807) is 11.1 Å². The number of benzene rings is 1. The van der Waals surface area contributed by atoms with Crippen molar-refractivity contribution < 1.29 is 0 Å². The molecule has 2 aliphatic carbocycles. The molecule has 1 aromatic carbocycles. The Hall–Kier alpha value is -0.980. The van der Waals surface area contributed by atoms with Gasteiger partial charge >= 0.3 is 0 Å². The van der Waals surface area contributed by atoms with Crippen molar-refractivity contribution in [1.29, 1.82) is 0 Å². The van der Waals surface area contributed by atoms with Crippen LogP contribution in [0.15, 0.2) is 24.3 Å². The molecule has 5 saturated heterocycles. The normalized spacial score (nSPS) is 26.1. The third-order valence-electron chi connectivity index (χ3n) is 9.97. The molecule has 2 atom stereocenters. The number of hydrogen-bond donors (Lipinski definition) is 5. The fraction of sp³-hybridized carbons (Fsp3) is 0.842. The average molecular weight is 598 g/mol. The van der Waals surface area contributed by atoms with Gasteiger partial charge in [-0.25, -0.2) is 0 Å². The lowest BCUT2D eigenvalue weighted by molar-refractivity contribution is 0.494. The highest BCUT2D eigenvalue weighted by Gasteiger charge is 2.30. The summed E-state index contributed by atoms with van der Waals surface area (Å²) in [6, 6.07) is 8.74. The van der Waals surface area contributed by atoms with Gasteiger partial charge in [-0.2, -0.15) is 0 Å². The molecular formula is C38H71N5. The largest absolute Gasteiger partial charge is 0.317 e.